The predicted molar refractivity (Wildman–Crippen MR) is 97.9 cm³/mol. The summed E-state index contributed by atoms with van der Waals surface area (Å²) < 4.78 is 5.67. The molecule has 0 saturated heterocycles. The van der Waals surface area contributed by atoms with E-state index in [1.54, 1.807) is 13.0 Å². The number of benzene rings is 1. The van der Waals surface area contributed by atoms with Crippen LogP contribution in [0.1, 0.15) is 66.9 Å². The third-order valence-electron chi connectivity index (χ3n) is 6.91. The first-order valence-corrected chi connectivity index (χ1v) is 9.75. The maximum Gasteiger partial charge on any atom is 0.312 e. The number of hydrogen-bond acceptors (Lipinski definition) is 4. The minimum Gasteiger partial charge on any atom is -0.454 e. The van der Waals surface area contributed by atoms with Crippen LogP contribution in [0.5, 0.6) is 0 Å². The molecule has 0 heterocycles. The molecule has 4 nitrogen and oxygen atoms in total. The van der Waals surface area contributed by atoms with Crippen LogP contribution in [0.15, 0.2) is 18.2 Å². The zero-order chi connectivity index (χ0) is 18.7. The molecule has 1 aromatic rings. The second kappa shape index (κ2) is 5.91. The van der Waals surface area contributed by atoms with E-state index < -0.39 is 17.1 Å². The average molecular weight is 356 g/mol. The Kier molecular flexibility index (Phi) is 4.03. The van der Waals surface area contributed by atoms with Gasteiger partial charge in [-0.25, -0.2) is 0 Å². The van der Waals surface area contributed by atoms with Crippen LogP contribution in [0.3, 0.4) is 0 Å². The number of carbonyl (C=O) groups is 2. The van der Waals surface area contributed by atoms with E-state index in [0.29, 0.717) is 23.8 Å². The van der Waals surface area contributed by atoms with E-state index in [2.05, 4.69) is 0 Å². The van der Waals surface area contributed by atoms with Crippen molar-refractivity contribution in [1.29, 1.82) is 0 Å². The summed E-state index contributed by atoms with van der Waals surface area (Å²) in [6, 6.07) is 5.57. The molecule has 2 unspecified atom stereocenters. The lowest BCUT2D eigenvalue weighted by atomic mass is 9.48. The molecule has 0 amide bonds. The van der Waals surface area contributed by atoms with Crippen LogP contribution in [0.25, 0.3) is 0 Å². The third-order valence-corrected chi connectivity index (χ3v) is 6.91. The highest BCUT2D eigenvalue weighted by Gasteiger charge is 2.61. The van der Waals surface area contributed by atoms with Gasteiger partial charge < -0.3 is 9.84 Å². The summed E-state index contributed by atoms with van der Waals surface area (Å²) in [5.74, 6) is 0.388. The second-order valence-corrected chi connectivity index (χ2v) is 9.18. The van der Waals surface area contributed by atoms with Crippen molar-refractivity contribution in [2.24, 2.45) is 17.3 Å². The SMILES string of the molecule is Cc1ccc(C(=O)[C@H](C)OC(=O)C23C[C@@H]4C[C@@H](CC(O)(C4)C2)C3)cc1C. The van der Waals surface area contributed by atoms with Crippen LogP contribution in [0, 0.1) is 31.1 Å². The monoisotopic (exact) mass is 356 g/mol. The van der Waals surface area contributed by atoms with Crippen LogP contribution in [-0.2, 0) is 9.53 Å². The van der Waals surface area contributed by atoms with E-state index in [1.165, 1.54) is 0 Å². The van der Waals surface area contributed by atoms with Crippen molar-refractivity contribution in [3.8, 4) is 0 Å². The third kappa shape index (κ3) is 2.88. The number of aryl methyl sites for hydroxylation is 2. The van der Waals surface area contributed by atoms with Gasteiger partial charge in [0.2, 0.25) is 5.78 Å². The first kappa shape index (κ1) is 17.7. The molecule has 0 aliphatic heterocycles. The number of hydrogen-bond donors (Lipinski definition) is 1. The van der Waals surface area contributed by atoms with Gasteiger partial charge in [0.25, 0.3) is 0 Å². The molecular formula is C22H28O4. The first-order chi connectivity index (χ1) is 12.2. The van der Waals surface area contributed by atoms with Crippen molar-refractivity contribution >= 4 is 11.8 Å². The fourth-order valence-corrected chi connectivity index (χ4v) is 5.92. The maximum absolute atomic E-state index is 13.0. The topological polar surface area (TPSA) is 63.6 Å². The van der Waals surface area contributed by atoms with Gasteiger partial charge >= 0.3 is 5.97 Å². The van der Waals surface area contributed by atoms with Crippen molar-refractivity contribution in [2.75, 3.05) is 0 Å². The van der Waals surface area contributed by atoms with Gasteiger partial charge in [0, 0.05) is 5.56 Å². The Labute approximate surface area is 154 Å². The molecule has 1 aromatic carbocycles. The summed E-state index contributed by atoms with van der Waals surface area (Å²) in [5, 5.41) is 10.8. The van der Waals surface area contributed by atoms with E-state index in [0.717, 1.165) is 43.2 Å². The highest BCUT2D eigenvalue weighted by atomic mass is 16.5. The van der Waals surface area contributed by atoms with Gasteiger partial charge in [0.05, 0.1) is 11.0 Å². The Balaban J connectivity index is 1.49. The summed E-state index contributed by atoms with van der Waals surface area (Å²) in [5.41, 5.74) is 1.48. The number of ketones is 1. The van der Waals surface area contributed by atoms with Crippen LogP contribution < -0.4 is 0 Å². The van der Waals surface area contributed by atoms with E-state index in [4.69, 9.17) is 4.74 Å². The molecule has 1 N–H and O–H groups in total. The molecule has 5 atom stereocenters. The molecule has 4 bridgehead atoms. The second-order valence-electron chi connectivity index (χ2n) is 9.18. The molecule has 4 saturated carbocycles. The van der Waals surface area contributed by atoms with Gasteiger partial charge in [-0.2, -0.15) is 0 Å². The lowest BCUT2D eigenvalue weighted by Gasteiger charge is -2.58. The van der Waals surface area contributed by atoms with Crippen LogP contribution in [0.2, 0.25) is 0 Å². The van der Waals surface area contributed by atoms with Crippen molar-refractivity contribution in [2.45, 2.75) is 71.0 Å². The molecule has 4 aliphatic rings. The number of esters is 1. The number of aliphatic hydroxyl groups is 1. The largest absolute Gasteiger partial charge is 0.454 e. The molecular weight excluding hydrogens is 328 g/mol. The summed E-state index contributed by atoms with van der Waals surface area (Å²) in [4.78, 5) is 25.7. The van der Waals surface area contributed by atoms with Gasteiger partial charge in [-0.1, -0.05) is 12.1 Å². The molecule has 140 valence electrons. The fraction of sp³-hybridized carbons (Fsp3) is 0.636. The fourth-order valence-electron chi connectivity index (χ4n) is 5.92. The lowest BCUT2D eigenvalue weighted by Crippen LogP contribution is -2.58. The van der Waals surface area contributed by atoms with E-state index >= 15 is 0 Å². The van der Waals surface area contributed by atoms with Gasteiger partial charge in [0.15, 0.2) is 6.10 Å². The Hall–Kier alpha value is -1.68. The zero-order valence-corrected chi connectivity index (χ0v) is 15.9. The van der Waals surface area contributed by atoms with Gasteiger partial charge in [-0.05, 0) is 88.3 Å². The Morgan fingerprint density at radius 1 is 1.12 bits per heavy atom. The van der Waals surface area contributed by atoms with Gasteiger partial charge in [0.1, 0.15) is 0 Å². The highest BCUT2D eigenvalue weighted by Crippen LogP contribution is 2.62. The van der Waals surface area contributed by atoms with Gasteiger partial charge in [-0.3, -0.25) is 9.59 Å². The van der Waals surface area contributed by atoms with Crippen LogP contribution in [-0.4, -0.2) is 28.6 Å². The summed E-state index contributed by atoms with van der Waals surface area (Å²) >= 11 is 0. The normalized spacial score (nSPS) is 36.0. The number of rotatable bonds is 4. The zero-order valence-electron chi connectivity index (χ0n) is 15.9. The summed E-state index contributed by atoms with van der Waals surface area (Å²) in [7, 11) is 0. The standard InChI is InChI=1S/C22H28O4/c1-13-4-5-18(6-14(13)2)19(23)15(3)26-20(24)21-8-16-7-17(9-21)11-22(25,10-16)12-21/h4-6,15-17,25H,7-12H2,1-3H3/t15-,16-,17+,21?,22?/m0/s1. The lowest BCUT2D eigenvalue weighted by molar-refractivity contribution is -0.197. The minimum absolute atomic E-state index is 0.162. The first-order valence-electron chi connectivity index (χ1n) is 9.75. The molecule has 0 spiro atoms. The van der Waals surface area contributed by atoms with E-state index in [9.17, 15) is 14.7 Å². The van der Waals surface area contributed by atoms with Crippen molar-refractivity contribution in [3.05, 3.63) is 34.9 Å². The quantitative estimate of drug-likeness (QED) is 0.659. The maximum atomic E-state index is 13.0. The molecule has 4 fully saturated rings. The summed E-state index contributed by atoms with van der Waals surface area (Å²) in [6.45, 7) is 5.63. The van der Waals surface area contributed by atoms with Crippen molar-refractivity contribution in [3.63, 3.8) is 0 Å². The highest BCUT2D eigenvalue weighted by molar-refractivity contribution is 6.00. The molecule has 0 radical (unpaired) electrons. The van der Waals surface area contributed by atoms with E-state index in [-0.39, 0.29) is 11.8 Å². The van der Waals surface area contributed by atoms with Crippen molar-refractivity contribution in [1.82, 2.24) is 0 Å². The van der Waals surface area contributed by atoms with Gasteiger partial charge in [-0.15, -0.1) is 0 Å². The predicted octanol–water partition coefficient (Wildman–Crippen LogP) is 3.75. The minimum atomic E-state index is -0.799. The molecule has 0 aromatic heterocycles. The average Bonchev–Trinajstić information content (AvgIpc) is 2.54. The smallest absolute Gasteiger partial charge is 0.312 e. The number of carbonyl (C=O) groups excluding carboxylic acids is 2. The Morgan fingerprint density at radius 2 is 1.77 bits per heavy atom. The van der Waals surface area contributed by atoms with Crippen LogP contribution >= 0.6 is 0 Å². The molecule has 5 rings (SSSR count). The Bertz CT molecular complexity index is 751. The molecule has 26 heavy (non-hydrogen) atoms. The number of ether oxygens (including phenoxy) is 1. The molecule has 4 heteroatoms. The van der Waals surface area contributed by atoms with Crippen LogP contribution in [0.4, 0.5) is 0 Å². The van der Waals surface area contributed by atoms with Crippen molar-refractivity contribution < 1.29 is 19.4 Å². The molecule has 4 aliphatic carbocycles. The summed E-state index contributed by atoms with van der Waals surface area (Å²) in [6.07, 6.45) is 4.05. The number of Topliss-reactive ketones (excluding diaryl/α,β-unsaturated/α-hetero) is 1. The Morgan fingerprint density at radius 3 is 2.35 bits per heavy atom. The van der Waals surface area contributed by atoms with E-state index in [1.807, 2.05) is 26.0 Å².